The van der Waals surface area contributed by atoms with Gasteiger partial charge in [0.25, 0.3) is 0 Å². The van der Waals surface area contributed by atoms with Crippen molar-refractivity contribution in [2.75, 3.05) is 0 Å². The zero-order chi connectivity index (χ0) is 19.4. The first-order chi connectivity index (χ1) is 12.9. The third-order valence-corrected chi connectivity index (χ3v) is 5.29. The van der Waals surface area contributed by atoms with Crippen molar-refractivity contribution < 1.29 is 9.59 Å². The number of halogens is 1. The summed E-state index contributed by atoms with van der Waals surface area (Å²) in [4.78, 5) is 27.8. The fourth-order valence-corrected chi connectivity index (χ4v) is 3.29. The Balaban J connectivity index is 1.67. The molecule has 0 radical (unpaired) electrons. The monoisotopic (exact) mass is 384 g/mol. The molecule has 4 nitrogen and oxygen atoms in total. The summed E-state index contributed by atoms with van der Waals surface area (Å²) in [6.07, 6.45) is 1.21. The van der Waals surface area contributed by atoms with Gasteiger partial charge in [0.2, 0.25) is 11.8 Å². The van der Waals surface area contributed by atoms with Gasteiger partial charge in [-0.05, 0) is 49.9 Å². The molecule has 2 amide bonds. The molecule has 2 aromatic rings. The van der Waals surface area contributed by atoms with Crippen molar-refractivity contribution in [2.24, 2.45) is 5.41 Å². The first-order valence-electron chi connectivity index (χ1n) is 9.30. The Kier molecular flexibility index (Phi) is 5.85. The molecule has 0 aromatic heterocycles. The first kappa shape index (κ1) is 19.4. The van der Waals surface area contributed by atoms with Crippen molar-refractivity contribution in [3.05, 3.63) is 70.7 Å². The number of carbonyl (C=O) groups excluding carboxylic acids is 2. The molecule has 1 saturated carbocycles. The molecular formula is C22H25ClN2O2. The van der Waals surface area contributed by atoms with E-state index in [1.807, 2.05) is 61.2 Å². The highest BCUT2D eigenvalue weighted by atomic mass is 35.5. The number of rotatable bonds is 7. The summed E-state index contributed by atoms with van der Waals surface area (Å²) in [5, 5.41) is 3.59. The average Bonchev–Trinajstić information content (AvgIpc) is 3.47. The lowest BCUT2D eigenvalue weighted by Gasteiger charge is -2.30. The Labute approximate surface area is 165 Å². The van der Waals surface area contributed by atoms with Crippen LogP contribution in [-0.2, 0) is 22.7 Å². The van der Waals surface area contributed by atoms with Crippen LogP contribution in [0.5, 0.6) is 0 Å². The van der Waals surface area contributed by atoms with Crippen molar-refractivity contribution in [1.29, 1.82) is 0 Å². The largest absolute Gasteiger partial charge is 0.351 e. The lowest BCUT2D eigenvalue weighted by Crippen LogP contribution is -2.47. The van der Waals surface area contributed by atoms with Gasteiger partial charge in [-0.2, -0.15) is 0 Å². The number of carbonyl (C=O) groups is 2. The van der Waals surface area contributed by atoms with Crippen LogP contribution in [0, 0.1) is 5.41 Å². The second-order valence-electron chi connectivity index (χ2n) is 7.40. The molecule has 142 valence electrons. The van der Waals surface area contributed by atoms with Gasteiger partial charge in [0.15, 0.2) is 0 Å². The predicted octanol–water partition coefficient (Wildman–Crippen LogP) is 4.17. The second kappa shape index (κ2) is 8.13. The number of nitrogens with one attached hydrogen (secondary N) is 1. The lowest BCUT2D eigenvalue weighted by atomic mass is 10.0. The number of hydrogen-bond acceptors (Lipinski definition) is 2. The lowest BCUT2D eigenvalue weighted by molar-refractivity contribution is -0.146. The third-order valence-electron chi connectivity index (χ3n) is 5.04. The van der Waals surface area contributed by atoms with Gasteiger partial charge in [0.1, 0.15) is 5.41 Å². The van der Waals surface area contributed by atoms with Crippen LogP contribution >= 0.6 is 11.6 Å². The molecule has 1 aliphatic carbocycles. The Morgan fingerprint density at radius 2 is 1.67 bits per heavy atom. The minimum absolute atomic E-state index is 0.0271. The highest BCUT2D eigenvalue weighted by Gasteiger charge is 2.58. The molecule has 0 spiro atoms. The van der Waals surface area contributed by atoms with E-state index in [4.69, 9.17) is 11.6 Å². The number of benzene rings is 2. The van der Waals surface area contributed by atoms with Gasteiger partial charge < -0.3 is 10.2 Å². The van der Waals surface area contributed by atoms with Crippen LogP contribution in [0.15, 0.2) is 54.6 Å². The minimum atomic E-state index is -0.911. The normalized spacial score (nSPS) is 14.7. The summed E-state index contributed by atoms with van der Waals surface area (Å²) in [5.41, 5.74) is 1.11. The fourth-order valence-electron chi connectivity index (χ4n) is 3.16. The highest BCUT2D eigenvalue weighted by Crippen LogP contribution is 2.48. The molecule has 1 fully saturated rings. The number of hydrogen-bond donors (Lipinski definition) is 1. The molecule has 0 aliphatic heterocycles. The number of nitrogens with zero attached hydrogens (tertiary/aromatic N) is 1. The van der Waals surface area contributed by atoms with E-state index in [9.17, 15) is 9.59 Å². The molecule has 0 saturated heterocycles. The van der Waals surface area contributed by atoms with Gasteiger partial charge in [-0.25, -0.2) is 0 Å². The van der Waals surface area contributed by atoms with Crippen LogP contribution < -0.4 is 5.32 Å². The summed E-state index contributed by atoms with van der Waals surface area (Å²) in [7, 11) is 0. The summed E-state index contributed by atoms with van der Waals surface area (Å²) in [6.45, 7) is 4.89. The molecule has 0 heterocycles. The average molecular weight is 385 g/mol. The van der Waals surface area contributed by atoms with E-state index in [1.165, 1.54) is 0 Å². The van der Waals surface area contributed by atoms with Gasteiger partial charge in [-0.1, -0.05) is 54.1 Å². The summed E-state index contributed by atoms with van der Waals surface area (Å²) < 4.78 is 0. The molecule has 1 N–H and O–H groups in total. The van der Waals surface area contributed by atoms with E-state index in [0.717, 1.165) is 11.1 Å². The SMILES string of the molecule is CC(C)N(Cc1ccccc1)C(=O)C1(C(=O)NCc2ccc(Cl)cc2)CC1. The molecule has 0 atom stereocenters. The van der Waals surface area contributed by atoms with Crippen molar-refractivity contribution in [1.82, 2.24) is 10.2 Å². The van der Waals surface area contributed by atoms with Crippen molar-refractivity contribution in [3.63, 3.8) is 0 Å². The van der Waals surface area contributed by atoms with Gasteiger partial charge in [-0.15, -0.1) is 0 Å². The highest BCUT2D eigenvalue weighted by molar-refractivity contribution is 6.30. The van der Waals surface area contributed by atoms with Crippen LogP contribution in [0.1, 0.15) is 37.8 Å². The zero-order valence-electron chi connectivity index (χ0n) is 15.7. The first-order valence-corrected chi connectivity index (χ1v) is 9.68. The van der Waals surface area contributed by atoms with Crippen molar-refractivity contribution >= 4 is 23.4 Å². The van der Waals surface area contributed by atoms with E-state index in [0.29, 0.717) is 31.0 Å². The molecule has 5 heteroatoms. The molecule has 0 bridgehead atoms. The van der Waals surface area contributed by atoms with Crippen LogP contribution in [-0.4, -0.2) is 22.8 Å². The summed E-state index contributed by atoms with van der Waals surface area (Å²) in [5.74, 6) is -0.254. The smallest absolute Gasteiger partial charge is 0.238 e. The van der Waals surface area contributed by atoms with Crippen LogP contribution in [0.3, 0.4) is 0 Å². The maximum atomic E-state index is 13.2. The van der Waals surface area contributed by atoms with Crippen LogP contribution in [0.25, 0.3) is 0 Å². The maximum Gasteiger partial charge on any atom is 0.238 e. The molecule has 27 heavy (non-hydrogen) atoms. The maximum absolute atomic E-state index is 13.2. The van der Waals surface area contributed by atoms with E-state index < -0.39 is 5.41 Å². The van der Waals surface area contributed by atoms with Crippen molar-refractivity contribution in [3.8, 4) is 0 Å². The number of amides is 2. The van der Waals surface area contributed by atoms with E-state index >= 15 is 0 Å². The standard InChI is InChI=1S/C22H25ClN2O2/c1-16(2)25(15-18-6-4-3-5-7-18)21(27)22(12-13-22)20(26)24-14-17-8-10-19(23)11-9-17/h3-11,16H,12-15H2,1-2H3,(H,24,26). The summed E-state index contributed by atoms with van der Waals surface area (Å²) in [6, 6.07) is 17.2. The van der Waals surface area contributed by atoms with Gasteiger partial charge in [0.05, 0.1) is 0 Å². The molecule has 2 aromatic carbocycles. The van der Waals surface area contributed by atoms with Gasteiger partial charge >= 0.3 is 0 Å². The molecule has 0 unspecified atom stereocenters. The zero-order valence-corrected chi connectivity index (χ0v) is 16.5. The molecule has 1 aliphatic rings. The third kappa shape index (κ3) is 4.51. The van der Waals surface area contributed by atoms with E-state index in [2.05, 4.69) is 5.32 Å². The van der Waals surface area contributed by atoms with E-state index in [1.54, 1.807) is 12.1 Å². The van der Waals surface area contributed by atoms with Gasteiger partial charge in [0, 0.05) is 24.2 Å². The topological polar surface area (TPSA) is 49.4 Å². The van der Waals surface area contributed by atoms with Gasteiger partial charge in [-0.3, -0.25) is 9.59 Å². The minimum Gasteiger partial charge on any atom is -0.351 e. The van der Waals surface area contributed by atoms with Crippen LogP contribution in [0.4, 0.5) is 0 Å². The van der Waals surface area contributed by atoms with Crippen molar-refractivity contribution in [2.45, 2.75) is 45.8 Å². The Morgan fingerprint density at radius 3 is 2.22 bits per heavy atom. The molecular weight excluding hydrogens is 360 g/mol. The Hall–Kier alpha value is -2.33. The Bertz CT molecular complexity index is 799. The molecule has 3 rings (SSSR count). The van der Waals surface area contributed by atoms with E-state index in [-0.39, 0.29) is 17.9 Å². The second-order valence-corrected chi connectivity index (χ2v) is 7.84. The quantitative estimate of drug-likeness (QED) is 0.728. The fraction of sp³-hybridized carbons (Fsp3) is 0.364. The predicted molar refractivity (Wildman–Crippen MR) is 107 cm³/mol. The van der Waals surface area contributed by atoms with Crippen LogP contribution in [0.2, 0.25) is 5.02 Å². The summed E-state index contributed by atoms with van der Waals surface area (Å²) >= 11 is 5.89. The Morgan fingerprint density at radius 1 is 1.04 bits per heavy atom.